The number of carbonyl (C=O) groups is 2. The third-order valence-corrected chi connectivity index (χ3v) is 1.31. The molecule has 16 heavy (non-hydrogen) atoms. The molecule has 0 saturated carbocycles. The number of ketones is 2. The normalized spacial score (nSPS) is 14.2. The molecule has 0 aromatic carbocycles. The molecule has 0 saturated heterocycles. The van der Waals surface area contributed by atoms with E-state index in [2.05, 4.69) is 0 Å². The summed E-state index contributed by atoms with van der Waals surface area (Å²) in [6, 6.07) is 0. The Labute approximate surface area is 179 Å². The van der Waals surface area contributed by atoms with Gasteiger partial charge in [-0.2, -0.15) is 0 Å². The number of rotatable bonds is 0. The van der Waals surface area contributed by atoms with Crippen molar-refractivity contribution in [1.29, 1.82) is 0 Å². The minimum absolute atomic E-state index is 0. The predicted octanol–water partition coefficient (Wildman–Crippen LogP) is -1.73. The number of aliphatic hydroxyl groups is 4. The molecule has 68 valence electrons. The van der Waals surface area contributed by atoms with E-state index in [0.29, 0.717) is 0 Å². The van der Waals surface area contributed by atoms with Gasteiger partial charge in [0.15, 0.2) is 0 Å². The van der Waals surface area contributed by atoms with Gasteiger partial charge >= 0.3 is 0 Å². The average molecular weight is 264 g/mol. The Hall–Kier alpha value is 2.02. The van der Waals surface area contributed by atoms with Crippen molar-refractivity contribution in [2.24, 2.45) is 0 Å². The largest absolute Gasteiger partial charge is 0.501 e. The second-order valence-corrected chi connectivity index (χ2v) is 2.05. The first-order valence-electron chi connectivity index (χ1n) is 2.80. The van der Waals surface area contributed by atoms with Crippen LogP contribution in [0.15, 0.2) is 23.0 Å². The Morgan fingerprint density at radius 3 is 0.750 bits per heavy atom. The van der Waals surface area contributed by atoms with E-state index in [0.717, 1.165) is 0 Å². The number of aliphatic hydroxyl groups excluding tert-OH is 4. The molecular weight excluding hydrogens is 260 g/mol. The fourth-order valence-electron chi connectivity index (χ4n) is 0.654. The van der Waals surface area contributed by atoms with Gasteiger partial charge < -0.3 is 20.4 Å². The molecule has 0 atom stereocenters. The van der Waals surface area contributed by atoms with E-state index < -0.39 is 34.6 Å². The first-order valence-corrected chi connectivity index (χ1v) is 2.80. The summed E-state index contributed by atoms with van der Waals surface area (Å²) < 4.78 is 0. The van der Waals surface area contributed by atoms with E-state index in [1.807, 2.05) is 0 Å². The third-order valence-electron chi connectivity index (χ3n) is 1.31. The second-order valence-electron chi connectivity index (χ2n) is 2.05. The van der Waals surface area contributed by atoms with Gasteiger partial charge in [-0.3, -0.25) is 9.59 Å². The van der Waals surface area contributed by atoms with Gasteiger partial charge in [0.2, 0.25) is 23.0 Å². The molecule has 0 unspecified atom stereocenters. The van der Waals surface area contributed by atoms with Crippen molar-refractivity contribution in [3.63, 3.8) is 0 Å². The van der Waals surface area contributed by atoms with Crippen molar-refractivity contribution < 1.29 is 30.0 Å². The molecular formula is C6H4Na4O6. The zero-order valence-corrected chi connectivity index (χ0v) is 17.6. The van der Waals surface area contributed by atoms with Gasteiger partial charge in [0.05, 0.1) is 0 Å². The van der Waals surface area contributed by atoms with Gasteiger partial charge in [-0.1, -0.05) is 0 Å². The topological polar surface area (TPSA) is 115 Å². The molecule has 0 heterocycles. The van der Waals surface area contributed by atoms with Gasteiger partial charge in [0.1, 0.15) is 0 Å². The summed E-state index contributed by atoms with van der Waals surface area (Å²) in [6.45, 7) is 0. The number of carbonyl (C=O) groups excluding carboxylic acids is 2. The van der Waals surface area contributed by atoms with Crippen LogP contribution < -0.4 is 0 Å². The van der Waals surface area contributed by atoms with Crippen LogP contribution in [0.4, 0.5) is 0 Å². The Balaban J connectivity index is -0.000000180. The van der Waals surface area contributed by atoms with Crippen molar-refractivity contribution in [2.75, 3.05) is 0 Å². The molecule has 1 aliphatic carbocycles. The zero-order chi connectivity index (χ0) is 9.46. The number of Topliss-reactive ketones (excluding diaryl/α,β-unsaturated/α-hetero) is 2. The second kappa shape index (κ2) is 10.9. The first kappa shape index (κ1) is 26.6. The van der Waals surface area contributed by atoms with E-state index in [1.54, 1.807) is 0 Å². The molecule has 0 spiro atoms. The van der Waals surface area contributed by atoms with Gasteiger partial charge in [-0.05, 0) is 0 Å². The minimum Gasteiger partial charge on any atom is -0.501 e. The van der Waals surface area contributed by atoms with E-state index in [1.165, 1.54) is 0 Å². The molecule has 0 amide bonds. The molecule has 10 heteroatoms. The maximum atomic E-state index is 10.6. The van der Waals surface area contributed by atoms with Crippen molar-refractivity contribution in [1.82, 2.24) is 0 Å². The van der Waals surface area contributed by atoms with E-state index in [-0.39, 0.29) is 118 Å². The van der Waals surface area contributed by atoms with Crippen LogP contribution in [0.2, 0.25) is 0 Å². The quantitative estimate of drug-likeness (QED) is 0.305. The molecule has 0 fully saturated rings. The van der Waals surface area contributed by atoms with Crippen molar-refractivity contribution in [3.8, 4) is 0 Å². The van der Waals surface area contributed by atoms with Crippen molar-refractivity contribution in [2.45, 2.75) is 0 Å². The van der Waals surface area contributed by atoms with Crippen molar-refractivity contribution >= 4 is 130 Å². The molecule has 0 bridgehead atoms. The van der Waals surface area contributed by atoms with Crippen LogP contribution in [-0.2, 0) is 9.59 Å². The van der Waals surface area contributed by atoms with Gasteiger partial charge in [0.25, 0.3) is 11.6 Å². The molecule has 6 nitrogen and oxygen atoms in total. The number of hydrogen-bond donors (Lipinski definition) is 4. The van der Waals surface area contributed by atoms with Crippen molar-refractivity contribution in [3.05, 3.63) is 23.0 Å². The molecule has 0 aromatic heterocycles. The smallest absolute Gasteiger partial charge is 0.269 e. The van der Waals surface area contributed by atoms with Crippen LogP contribution in [0.3, 0.4) is 0 Å². The molecule has 4 N–H and O–H groups in total. The third kappa shape index (κ3) is 5.34. The first-order chi connectivity index (χ1) is 5.46. The SMILES string of the molecule is O=C1C(O)=C(O)C(=O)C(O)=C1O.[Na].[Na].[Na].[Na]. The Morgan fingerprint density at radius 1 is 0.500 bits per heavy atom. The summed E-state index contributed by atoms with van der Waals surface area (Å²) >= 11 is 0. The average Bonchev–Trinajstić information content (AvgIpc) is 2.08. The minimum atomic E-state index is -1.38. The van der Waals surface area contributed by atoms with Crippen LogP contribution in [0.1, 0.15) is 0 Å². The molecule has 1 aliphatic rings. The van der Waals surface area contributed by atoms with Crippen LogP contribution in [0.5, 0.6) is 0 Å². The van der Waals surface area contributed by atoms with Crippen LogP contribution in [-0.4, -0.2) is 150 Å². The summed E-state index contributed by atoms with van der Waals surface area (Å²) in [5.74, 6) is -7.84. The summed E-state index contributed by atoms with van der Waals surface area (Å²) in [5.41, 5.74) is 0. The summed E-state index contributed by atoms with van der Waals surface area (Å²) in [4.78, 5) is 21.2. The van der Waals surface area contributed by atoms with Crippen LogP contribution >= 0.6 is 0 Å². The van der Waals surface area contributed by atoms with E-state index >= 15 is 0 Å². The fraction of sp³-hybridized carbons (Fsp3) is 0. The zero-order valence-electron chi connectivity index (χ0n) is 9.61. The van der Waals surface area contributed by atoms with E-state index in [4.69, 9.17) is 20.4 Å². The molecule has 1 rings (SSSR count). The van der Waals surface area contributed by atoms with Crippen LogP contribution in [0.25, 0.3) is 0 Å². The van der Waals surface area contributed by atoms with Gasteiger partial charge in [-0.15, -0.1) is 0 Å². The Morgan fingerprint density at radius 2 is 0.625 bits per heavy atom. The summed E-state index contributed by atoms with van der Waals surface area (Å²) in [6.07, 6.45) is 0. The maximum Gasteiger partial charge on any atom is 0.269 e. The molecule has 0 aromatic rings. The van der Waals surface area contributed by atoms with Gasteiger partial charge in [0, 0.05) is 118 Å². The Kier molecular flexibility index (Phi) is 18.1. The van der Waals surface area contributed by atoms with Crippen LogP contribution in [0, 0.1) is 0 Å². The molecule has 0 aliphatic heterocycles. The Bertz CT molecular complexity index is 285. The monoisotopic (exact) mass is 264 g/mol. The van der Waals surface area contributed by atoms with Gasteiger partial charge in [-0.25, -0.2) is 0 Å². The summed E-state index contributed by atoms with van der Waals surface area (Å²) in [5, 5.41) is 34.6. The standard InChI is InChI=1S/C6H4O6.4Na/c7-1-2(8)4(10)6(12)5(11)3(1)9;;;;/h7-8,11-12H;;;;. The summed E-state index contributed by atoms with van der Waals surface area (Å²) in [7, 11) is 0. The molecule has 4 radical (unpaired) electrons. The number of hydrogen-bond acceptors (Lipinski definition) is 6. The maximum absolute atomic E-state index is 10.6. The van der Waals surface area contributed by atoms with E-state index in [9.17, 15) is 9.59 Å². The fourth-order valence-corrected chi connectivity index (χ4v) is 0.654. The predicted molar refractivity (Wildman–Crippen MR) is 57.6 cm³/mol.